The molecule has 0 aliphatic heterocycles. The van der Waals surface area contributed by atoms with Gasteiger partial charge in [0.2, 0.25) is 0 Å². The second-order valence-electron chi connectivity index (χ2n) is 6.15. The summed E-state index contributed by atoms with van der Waals surface area (Å²) >= 11 is 0. The topological polar surface area (TPSA) is 41.1 Å². The van der Waals surface area contributed by atoms with Crippen molar-refractivity contribution in [3.05, 3.63) is 34.9 Å². The normalized spacial score (nSPS) is 16.5. The standard InChI is InChI=1S/C18H28N2O/c1-14-8-7-11-17(15(14)2)18(21)20-13-12-19-16-9-5-3-4-6-10-16/h7-8,11,16,19H,3-6,9-10,12-13H2,1-2H3,(H,20,21). The maximum Gasteiger partial charge on any atom is 0.251 e. The third-order valence-corrected chi connectivity index (χ3v) is 4.55. The Balaban J connectivity index is 1.73. The maximum absolute atomic E-state index is 12.2. The van der Waals surface area contributed by atoms with E-state index in [0.29, 0.717) is 12.6 Å². The van der Waals surface area contributed by atoms with Gasteiger partial charge in [0.15, 0.2) is 0 Å². The van der Waals surface area contributed by atoms with Crippen LogP contribution in [0.3, 0.4) is 0 Å². The van der Waals surface area contributed by atoms with Gasteiger partial charge in [-0.2, -0.15) is 0 Å². The van der Waals surface area contributed by atoms with Gasteiger partial charge in [-0.3, -0.25) is 4.79 Å². The lowest BCUT2D eigenvalue weighted by Crippen LogP contribution is -2.37. The number of amides is 1. The van der Waals surface area contributed by atoms with Crippen molar-refractivity contribution in [3.63, 3.8) is 0 Å². The van der Waals surface area contributed by atoms with E-state index in [1.165, 1.54) is 44.1 Å². The Labute approximate surface area is 128 Å². The molecule has 1 aliphatic rings. The number of nitrogens with one attached hydrogen (secondary N) is 2. The molecule has 3 heteroatoms. The van der Waals surface area contributed by atoms with Crippen molar-refractivity contribution in [2.45, 2.75) is 58.4 Å². The summed E-state index contributed by atoms with van der Waals surface area (Å²) in [5.74, 6) is 0.0406. The minimum atomic E-state index is 0.0406. The minimum Gasteiger partial charge on any atom is -0.351 e. The molecule has 116 valence electrons. The minimum absolute atomic E-state index is 0.0406. The van der Waals surface area contributed by atoms with E-state index < -0.39 is 0 Å². The van der Waals surface area contributed by atoms with Crippen molar-refractivity contribution in [2.24, 2.45) is 0 Å². The summed E-state index contributed by atoms with van der Waals surface area (Å²) in [6.45, 7) is 5.61. The molecule has 21 heavy (non-hydrogen) atoms. The molecule has 3 nitrogen and oxygen atoms in total. The van der Waals surface area contributed by atoms with Crippen LogP contribution in [0.25, 0.3) is 0 Å². The number of rotatable bonds is 5. The Bertz CT molecular complexity index is 462. The lowest BCUT2D eigenvalue weighted by atomic mass is 10.0. The smallest absolute Gasteiger partial charge is 0.251 e. The number of carbonyl (C=O) groups is 1. The zero-order valence-electron chi connectivity index (χ0n) is 13.4. The molecule has 0 spiro atoms. The summed E-state index contributed by atoms with van der Waals surface area (Å²) in [6, 6.07) is 6.53. The lowest BCUT2D eigenvalue weighted by Gasteiger charge is -2.16. The highest BCUT2D eigenvalue weighted by Crippen LogP contribution is 2.17. The summed E-state index contributed by atoms with van der Waals surface area (Å²) in [4.78, 5) is 12.2. The molecule has 0 saturated heterocycles. The zero-order chi connectivity index (χ0) is 15.1. The first kappa shape index (κ1) is 16.0. The lowest BCUT2D eigenvalue weighted by molar-refractivity contribution is 0.0953. The number of benzene rings is 1. The first-order valence-corrected chi connectivity index (χ1v) is 8.26. The van der Waals surface area contributed by atoms with Gasteiger partial charge in [0.05, 0.1) is 0 Å². The molecular weight excluding hydrogens is 260 g/mol. The third kappa shape index (κ3) is 4.85. The van der Waals surface area contributed by atoms with Crippen molar-refractivity contribution < 1.29 is 4.79 Å². The second kappa shape index (κ2) is 8.18. The zero-order valence-corrected chi connectivity index (χ0v) is 13.4. The second-order valence-corrected chi connectivity index (χ2v) is 6.15. The highest BCUT2D eigenvalue weighted by atomic mass is 16.1. The number of carbonyl (C=O) groups excluding carboxylic acids is 1. The van der Waals surface area contributed by atoms with E-state index >= 15 is 0 Å². The van der Waals surface area contributed by atoms with Crippen LogP contribution in [0, 0.1) is 13.8 Å². The van der Waals surface area contributed by atoms with Crippen LogP contribution in [-0.4, -0.2) is 25.0 Å². The van der Waals surface area contributed by atoms with Crippen LogP contribution in [-0.2, 0) is 0 Å². The molecule has 1 amide bonds. The fraction of sp³-hybridized carbons (Fsp3) is 0.611. The molecule has 2 rings (SSSR count). The molecule has 1 saturated carbocycles. The highest BCUT2D eigenvalue weighted by molar-refractivity contribution is 5.95. The SMILES string of the molecule is Cc1cccc(C(=O)NCCNC2CCCCCC2)c1C. The molecule has 0 aromatic heterocycles. The van der Waals surface area contributed by atoms with Crippen LogP contribution in [0.1, 0.15) is 60.0 Å². The van der Waals surface area contributed by atoms with Crippen LogP contribution in [0.15, 0.2) is 18.2 Å². The van der Waals surface area contributed by atoms with E-state index in [1.807, 2.05) is 32.0 Å². The molecule has 0 bridgehead atoms. The Morgan fingerprint density at radius 1 is 1.10 bits per heavy atom. The van der Waals surface area contributed by atoms with Gasteiger partial charge in [-0.25, -0.2) is 0 Å². The summed E-state index contributed by atoms with van der Waals surface area (Å²) in [7, 11) is 0. The van der Waals surface area contributed by atoms with Gasteiger partial charge in [0.25, 0.3) is 5.91 Å². The van der Waals surface area contributed by atoms with Crippen LogP contribution in [0.5, 0.6) is 0 Å². The van der Waals surface area contributed by atoms with Crippen molar-refractivity contribution in [1.29, 1.82) is 0 Å². The van der Waals surface area contributed by atoms with Gasteiger partial charge in [0.1, 0.15) is 0 Å². The Kier molecular flexibility index (Phi) is 6.24. The largest absolute Gasteiger partial charge is 0.351 e. The van der Waals surface area contributed by atoms with Gasteiger partial charge in [-0.05, 0) is 43.9 Å². The maximum atomic E-state index is 12.2. The number of aryl methyl sites for hydroxylation is 1. The molecule has 0 atom stereocenters. The molecule has 1 aromatic carbocycles. The van der Waals surface area contributed by atoms with Gasteiger partial charge >= 0.3 is 0 Å². The van der Waals surface area contributed by atoms with Crippen LogP contribution in [0.4, 0.5) is 0 Å². The van der Waals surface area contributed by atoms with E-state index in [1.54, 1.807) is 0 Å². The van der Waals surface area contributed by atoms with E-state index in [-0.39, 0.29) is 5.91 Å². The van der Waals surface area contributed by atoms with Crippen LogP contribution < -0.4 is 10.6 Å². The summed E-state index contributed by atoms with van der Waals surface area (Å²) in [5, 5.41) is 6.60. The summed E-state index contributed by atoms with van der Waals surface area (Å²) in [6.07, 6.45) is 8.00. The van der Waals surface area contributed by atoms with Crippen molar-refractivity contribution in [3.8, 4) is 0 Å². The third-order valence-electron chi connectivity index (χ3n) is 4.55. The molecule has 1 aliphatic carbocycles. The van der Waals surface area contributed by atoms with Crippen molar-refractivity contribution >= 4 is 5.91 Å². The molecule has 1 aromatic rings. The highest BCUT2D eigenvalue weighted by Gasteiger charge is 2.12. The average Bonchev–Trinajstić information content (AvgIpc) is 2.75. The van der Waals surface area contributed by atoms with E-state index in [9.17, 15) is 4.79 Å². The predicted molar refractivity (Wildman–Crippen MR) is 87.7 cm³/mol. The van der Waals surface area contributed by atoms with Crippen molar-refractivity contribution in [2.75, 3.05) is 13.1 Å². The molecule has 1 fully saturated rings. The van der Waals surface area contributed by atoms with Crippen LogP contribution >= 0.6 is 0 Å². The van der Waals surface area contributed by atoms with Crippen molar-refractivity contribution in [1.82, 2.24) is 10.6 Å². The number of hydrogen-bond acceptors (Lipinski definition) is 2. The van der Waals surface area contributed by atoms with E-state index in [2.05, 4.69) is 10.6 Å². The Hall–Kier alpha value is -1.35. The first-order valence-electron chi connectivity index (χ1n) is 8.26. The van der Waals surface area contributed by atoms with Gasteiger partial charge in [-0.15, -0.1) is 0 Å². The fourth-order valence-electron chi connectivity index (χ4n) is 3.03. The monoisotopic (exact) mass is 288 g/mol. The molecule has 2 N–H and O–H groups in total. The predicted octanol–water partition coefficient (Wildman–Crippen LogP) is 3.35. The van der Waals surface area contributed by atoms with Gasteiger partial charge < -0.3 is 10.6 Å². The molecule has 0 unspecified atom stereocenters. The Morgan fingerprint density at radius 3 is 2.52 bits per heavy atom. The van der Waals surface area contributed by atoms with Gasteiger partial charge in [-0.1, -0.05) is 37.8 Å². The van der Waals surface area contributed by atoms with Gasteiger partial charge in [0, 0.05) is 24.7 Å². The average molecular weight is 288 g/mol. The van der Waals surface area contributed by atoms with Crippen LogP contribution in [0.2, 0.25) is 0 Å². The first-order chi connectivity index (χ1) is 10.2. The summed E-state index contributed by atoms with van der Waals surface area (Å²) < 4.78 is 0. The molecule has 0 heterocycles. The fourth-order valence-corrected chi connectivity index (χ4v) is 3.03. The number of hydrogen-bond donors (Lipinski definition) is 2. The molecule has 0 radical (unpaired) electrons. The van der Waals surface area contributed by atoms with E-state index in [0.717, 1.165) is 17.7 Å². The van der Waals surface area contributed by atoms with E-state index in [4.69, 9.17) is 0 Å². The Morgan fingerprint density at radius 2 is 1.81 bits per heavy atom. The molecular formula is C18H28N2O. The summed E-state index contributed by atoms with van der Waals surface area (Å²) in [5.41, 5.74) is 3.04. The quantitative estimate of drug-likeness (QED) is 0.644.